The van der Waals surface area contributed by atoms with E-state index in [0.29, 0.717) is 11.3 Å². The Morgan fingerprint density at radius 2 is 1.68 bits per heavy atom. The molecule has 1 aliphatic heterocycles. The molecule has 0 bridgehead atoms. The molecule has 3 N–H and O–H groups in total. The molecule has 214 valence electrons. The van der Waals surface area contributed by atoms with Crippen molar-refractivity contribution in [3.63, 3.8) is 0 Å². The van der Waals surface area contributed by atoms with Crippen molar-refractivity contribution in [2.45, 2.75) is 51.5 Å². The van der Waals surface area contributed by atoms with Gasteiger partial charge in [0.15, 0.2) is 9.84 Å². The molecule has 1 heterocycles. The van der Waals surface area contributed by atoms with E-state index in [1.165, 1.54) is 0 Å². The summed E-state index contributed by atoms with van der Waals surface area (Å²) in [7, 11) is -3.38. The highest BCUT2D eigenvalue weighted by molar-refractivity contribution is 7.90. The summed E-state index contributed by atoms with van der Waals surface area (Å²) >= 11 is 0. The van der Waals surface area contributed by atoms with E-state index in [9.17, 15) is 27.1 Å². The van der Waals surface area contributed by atoms with E-state index in [1.807, 2.05) is 18.2 Å². The predicted octanol–water partition coefficient (Wildman–Crippen LogP) is 4.97. The Bertz CT molecular complexity index is 1440. The lowest BCUT2D eigenvalue weighted by molar-refractivity contribution is -0.123. The van der Waals surface area contributed by atoms with Gasteiger partial charge in [0.1, 0.15) is 11.6 Å². The number of anilines is 1. The topological polar surface area (TPSA) is 95.5 Å². The SMILES string of the molecule is CC(C)(C)Cc1ccc2c(c1)C(NCC(O)C(Cc1cc(F)cc(F)c1)C(=O)Nc1ccccc1)CS(=O)(=O)C2. The van der Waals surface area contributed by atoms with E-state index in [-0.39, 0.29) is 35.4 Å². The van der Waals surface area contributed by atoms with Crippen molar-refractivity contribution >= 4 is 21.4 Å². The summed E-state index contributed by atoms with van der Waals surface area (Å²) < 4.78 is 53.2. The molecular weight excluding hydrogens is 534 g/mol. The molecule has 1 amide bonds. The highest BCUT2D eigenvalue weighted by atomic mass is 32.2. The minimum absolute atomic E-state index is 0.0455. The van der Waals surface area contributed by atoms with Gasteiger partial charge in [0.25, 0.3) is 0 Å². The average Bonchev–Trinajstić information content (AvgIpc) is 2.84. The zero-order chi connectivity index (χ0) is 29.1. The van der Waals surface area contributed by atoms with Crippen LogP contribution in [0.1, 0.15) is 49.1 Å². The Balaban J connectivity index is 1.56. The van der Waals surface area contributed by atoms with Crippen LogP contribution in [-0.2, 0) is 33.2 Å². The zero-order valence-electron chi connectivity index (χ0n) is 23.0. The number of carbonyl (C=O) groups is 1. The molecule has 3 atom stereocenters. The number of aliphatic hydroxyl groups excluding tert-OH is 1. The number of hydrogen-bond donors (Lipinski definition) is 3. The fourth-order valence-electron chi connectivity index (χ4n) is 5.18. The zero-order valence-corrected chi connectivity index (χ0v) is 23.8. The third-order valence-corrected chi connectivity index (χ3v) is 8.50. The molecule has 0 fully saturated rings. The molecule has 0 radical (unpaired) electrons. The lowest BCUT2D eigenvalue weighted by atomic mass is 9.86. The summed E-state index contributed by atoms with van der Waals surface area (Å²) in [4.78, 5) is 13.3. The number of aliphatic hydroxyl groups is 1. The molecule has 6 nitrogen and oxygen atoms in total. The van der Waals surface area contributed by atoms with Gasteiger partial charge >= 0.3 is 0 Å². The maximum Gasteiger partial charge on any atom is 0.230 e. The molecule has 9 heteroatoms. The summed E-state index contributed by atoms with van der Waals surface area (Å²) in [5, 5.41) is 17.1. The number of amides is 1. The van der Waals surface area contributed by atoms with E-state index < -0.39 is 45.4 Å². The summed E-state index contributed by atoms with van der Waals surface area (Å²) in [6, 6.07) is 17.0. The number of hydrogen-bond acceptors (Lipinski definition) is 5. The molecule has 0 aliphatic carbocycles. The third kappa shape index (κ3) is 8.19. The Labute approximate surface area is 234 Å². The molecule has 3 aromatic rings. The van der Waals surface area contributed by atoms with Crippen LogP contribution < -0.4 is 10.6 Å². The minimum Gasteiger partial charge on any atom is -0.391 e. The van der Waals surface area contributed by atoms with Gasteiger partial charge in [-0.15, -0.1) is 0 Å². The standard InChI is InChI=1S/C31H36F2N2O4S/c1-31(2,3)16-20-9-10-22-18-40(38,39)19-28(26(22)13-20)34-17-29(36)27(14-21-11-23(32)15-24(33)12-21)30(37)35-25-7-5-4-6-8-25/h4-13,15,27-29,34,36H,14,16-19H2,1-3H3,(H,35,37). The Kier molecular flexibility index (Phi) is 9.07. The Morgan fingerprint density at radius 3 is 2.33 bits per heavy atom. The molecule has 0 saturated carbocycles. The molecule has 3 unspecified atom stereocenters. The van der Waals surface area contributed by atoms with Gasteiger partial charge in [0.05, 0.1) is 23.5 Å². The van der Waals surface area contributed by atoms with Crippen molar-refractivity contribution in [1.82, 2.24) is 5.32 Å². The van der Waals surface area contributed by atoms with Crippen LogP contribution >= 0.6 is 0 Å². The molecular formula is C31H36F2N2O4S. The van der Waals surface area contributed by atoms with Crippen LogP contribution in [0.3, 0.4) is 0 Å². The van der Waals surface area contributed by atoms with Crippen LogP contribution in [0.5, 0.6) is 0 Å². The van der Waals surface area contributed by atoms with Crippen LogP contribution in [-0.4, -0.2) is 37.8 Å². The Morgan fingerprint density at radius 1 is 1.00 bits per heavy atom. The summed E-state index contributed by atoms with van der Waals surface area (Å²) in [6.45, 7) is 6.30. The van der Waals surface area contributed by atoms with E-state index in [1.54, 1.807) is 30.3 Å². The van der Waals surface area contributed by atoms with E-state index in [4.69, 9.17) is 0 Å². The second-order valence-corrected chi connectivity index (χ2v) is 13.9. The number of halogens is 2. The number of rotatable bonds is 9. The molecule has 1 aliphatic rings. The number of sulfone groups is 1. The number of carbonyl (C=O) groups excluding carboxylic acids is 1. The quantitative estimate of drug-likeness (QED) is 0.338. The molecule has 0 saturated heterocycles. The third-order valence-electron chi connectivity index (χ3n) is 6.91. The number of fused-ring (bicyclic) bond motifs is 1. The largest absolute Gasteiger partial charge is 0.391 e. The molecule has 3 aromatic carbocycles. The maximum atomic E-state index is 13.9. The normalized spacial score (nSPS) is 18.0. The second-order valence-electron chi connectivity index (χ2n) is 11.8. The molecule has 0 aromatic heterocycles. The fourth-order valence-corrected chi connectivity index (χ4v) is 6.84. The highest BCUT2D eigenvalue weighted by Crippen LogP contribution is 2.31. The smallest absolute Gasteiger partial charge is 0.230 e. The summed E-state index contributed by atoms with van der Waals surface area (Å²) in [5.74, 6) is -3.33. The molecule has 0 spiro atoms. The lowest BCUT2D eigenvalue weighted by Crippen LogP contribution is -2.43. The second kappa shape index (κ2) is 12.2. The van der Waals surface area contributed by atoms with Gasteiger partial charge in [-0.05, 0) is 64.8 Å². The van der Waals surface area contributed by atoms with Gasteiger partial charge in [-0.1, -0.05) is 57.2 Å². The van der Waals surface area contributed by atoms with Crippen molar-refractivity contribution in [1.29, 1.82) is 0 Å². The fraction of sp³-hybridized carbons (Fsp3) is 0.387. The first-order valence-electron chi connectivity index (χ1n) is 13.3. The van der Waals surface area contributed by atoms with Gasteiger partial charge in [0, 0.05) is 24.3 Å². The van der Waals surface area contributed by atoms with Gasteiger partial charge in [-0.3, -0.25) is 4.79 Å². The first-order chi connectivity index (χ1) is 18.8. The minimum atomic E-state index is -3.38. The predicted molar refractivity (Wildman–Crippen MR) is 152 cm³/mol. The molecule has 4 rings (SSSR count). The van der Waals surface area contributed by atoms with Crippen molar-refractivity contribution in [2.24, 2.45) is 11.3 Å². The maximum absolute atomic E-state index is 13.9. The lowest BCUT2D eigenvalue weighted by Gasteiger charge is -2.30. The first-order valence-corrected chi connectivity index (χ1v) is 15.1. The van der Waals surface area contributed by atoms with Gasteiger partial charge < -0.3 is 15.7 Å². The summed E-state index contributed by atoms with van der Waals surface area (Å²) in [6.07, 6.45) is -0.583. The van der Waals surface area contributed by atoms with Crippen LogP contribution in [0.25, 0.3) is 0 Å². The van der Waals surface area contributed by atoms with E-state index in [2.05, 4.69) is 31.4 Å². The highest BCUT2D eigenvalue weighted by Gasteiger charge is 2.33. The summed E-state index contributed by atoms with van der Waals surface area (Å²) in [5.41, 5.74) is 3.45. The monoisotopic (exact) mass is 570 g/mol. The van der Waals surface area contributed by atoms with Crippen molar-refractivity contribution in [2.75, 3.05) is 17.6 Å². The van der Waals surface area contributed by atoms with Gasteiger partial charge in [0.2, 0.25) is 5.91 Å². The van der Waals surface area contributed by atoms with Crippen LogP contribution in [0.15, 0.2) is 66.7 Å². The van der Waals surface area contributed by atoms with Crippen LogP contribution in [0, 0.1) is 23.0 Å². The van der Waals surface area contributed by atoms with Crippen LogP contribution in [0.4, 0.5) is 14.5 Å². The average molecular weight is 571 g/mol. The number of para-hydroxylation sites is 1. The van der Waals surface area contributed by atoms with E-state index >= 15 is 0 Å². The van der Waals surface area contributed by atoms with Crippen molar-refractivity contribution in [3.8, 4) is 0 Å². The van der Waals surface area contributed by atoms with Crippen molar-refractivity contribution < 1.29 is 27.1 Å². The van der Waals surface area contributed by atoms with Crippen LogP contribution in [0.2, 0.25) is 0 Å². The number of benzene rings is 3. The van der Waals surface area contributed by atoms with E-state index in [0.717, 1.165) is 35.7 Å². The van der Waals surface area contributed by atoms with Crippen molar-refractivity contribution in [3.05, 3.63) is 101 Å². The van der Waals surface area contributed by atoms with Gasteiger partial charge in [-0.25, -0.2) is 17.2 Å². The molecule has 40 heavy (non-hydrogen) atoms. The van der Waals surface area contributed by atoms with Gasteiger partial charge in [-0.2, -0.15) is 0 Å². The number of nitrogens with one attached hydrogen (secondary N) is 2. The Hall–Kier alpha value is -3.14. The first kappa shape index (κ1) is 29.8.